The molecule has 1 aliphatic carbocycles. The van der Waals surface area contributed by atoms with Gasteiger partial charge >= 0.3 is 5.97 Å². The molecule has 0 atom stereocenters. The summed E-state index contributed by atoms with van der Waals surface area (Å²) >= 11 is 0. The van der Waals surface area contributed by atoms with Crippen LogP contribution in [0.5, 0.6) is 0 Å². The highest BCUT2D eigenvalue weighted by Crippen LogP contribution is 2.32. The fraction of sp³-hybridized carbons (Fsp3) is 0.583. The summed E-state index contributed by atoms with van der Waals surface area (Å²) in [5.41, 5.74) is -0.0499. The van der Waals surface area contributed by atoms with Crippen LogP contribution < -0.4 is 0 Å². The van der Waals surface area contributed by atoms with Crippen molar-refractivity contribution < 1.29 is 23.1 Å². The SMILES string of the molecule is COCCN(C1CC1)S(=O)(=O)c1cc(C(=O)O)n(C)c1. The first kappa shape index (κ1) is 15.0. The molecule has 7 nitrogen and oxygen atoms in total. The number of aryl methyl sites for hydroxylation is 1. The average molecular weight is 302 g/mol. The maximum Gasteiger partial charge on any atom is 0.352 e. The van der Waals surface area contributed by atoms with Crippen molar-refractivity contribution in [3.8, 4) is 0 Å². The van der Waals surface area contributed by atoms with Crippen LogP contribution in [0.4, 0.5) is 0 Å². The van der Waals surface area contributed by atoms with Gasteiger partial charge in [0.1, 0.15) is 10.6 Å². The highest BCUT2D eigenvalue weighted by molar-refractivity contribution is 7.89. The lowest BCUT2D eigenvalue weighted by atomic mass is 10.4. The highest BCUT2D eigenvalue weighted by atomic mass is 32.2. The Bertz CT molecular complexity index is 603. The Morgan fingerprint density at radius 2 is 2.20 bits per heavy atom. The third kappa shape index (κ3) is 2.87. The Kier molecular flexibility index (Phi) is 4.17. The summed E-state index contributed by atoms with van der Waals surface area (Å²) in [6.07, 6.45) is 3.00. The maximum absolute atomic E-state index is 12.6. The third-order valence-corrected chi connectivity index (χ3v) is 5.19. The fourth-order valence-electron chi connectivity index (χ4n) is 2.07. The van der Waals surface area contributed by atoms with Crippen LogP contribution in [0.2, 0.25) is 0 Å². The summed E-state index contributed by atoms with van der Waals surface area (Å²) in [4.78, 5) is 11.0. The van der Waals surface area contributed by atoms with E-state index < -0.39 is 16.0 Å². The molecule has 20 heavy (non-hydrogen) atoms. The fourth-order valence-corrected chi connectivity index (χ4v) is 3.81. The van der Waals surface area contributed by atoms with E-state index >= 15 is 0 Å². The number of carbonyl (C=O) groups is 1. The second-order valence-corrected chi connectivity index (χ2v) is 6.71. The number of hydrogen-bond acceptors (Lipinski definition) is 4. The summed E-state index contributed by atoms with van der Waals surface area (Å²) in [6.45, 7) is 0.592. The quantitative estimate of drug-likeness (QED) is 0.793. The van der Waals surface area contributed by atoms with Crippen molar-refractivity contribution in [1.82, 2.24) is 8.87 Å². The number of hydrogen-bond donors (Lipinski definition) is 1. The summed E-state index contributed by atoms with van der Waals surface area (Å²) in [7, 11) is -0.646. The van der Waals surface area contributed by atoms with E-state index in [2.05, 4.69) is 0 Å². The van der Waals surface area contributed by atoms with Crippen LogP contribution in [0.15, 0.2) is 17.2 Å². The van der Waals surface area contributed by atoms with E-state index in [0.717, 1.165) is 12.8 Å². The zero-order valence-electron chi connectivity index (χ0n) is 11.4. The molecule has 0 bridgehead atoms. The number of rotatable bonds is 7. The van der Waals surface area contributed by atoms with E-state index in [1.807, 2.05) is 0 Å². The highest BCUT2D eigenvalue weighted by Gasteiger charge is 2.38. The molecule has 1 saturated carbocycles. The lowest BCUT2D eigenvalue weighted by molar-refractivity contribution is 0.0686. The van der Waals surface area contributed by atoms with Crippen molar-refractivity contribution in [1.29, 1.82) is 0 Å². The Labute approximate surface area is 117 Å². The molecule has 2 rings (SSSR count). The number of ether oxygens (including phenoxy) is 1. The van der Waals surface area contributed by atoms with E-state index in [-0.39, 0.29) is 23.2 Å². The number of aromatic carboxylic acids is 1. The van der Waals surface area contributed by atoms with Crippen molar-refractivity contribution in [2.75, 3.05) is 20.3 Å². The molecule has 112 valence electrons. The summed E-state index contributed by atoms with van der Waals surface area (Å²) < 4.78 is 32.8. The van der Waals surface area contributed by atoms with Gasteiger partial charge in [-0.3, -0.25) is 0 Å². The molecule has 1 aromatic rings. The van der Waals surface area contributed by atoms with Crippen LogP contribution >= 0.6 is 0 Å². The van der Waals surface area contributed by atoms with Gasteiger partial charge in [0.15, 0.2) is 0 Å². The third-order valence-electron chi connectivity index (χ3n) is 3.28. The molecule has 0 spiro atoms. The molecule has 1 fully saturated rings. The molecule has 0 aliphatic heterocycles. The van der Waals surface area contributed by atoms with Gasteiger partial charge in [0.2, 0.25) is 10.0 Å². The van der Waals surface area contributed by atoms with Gasteiger partial charge in [-0.15, -0.1) is 0 Å². The van der Waals surface area contributed by atoms with Crippen molar-refractivity contribution in [2.45, 2.75) is 23.8 Å². The molecule has 1 aliphatic rings. The monoisotopic (exact) mass is 302 g/mol. The smallest absolute Gasteiger partial charge is 0.352 e. The summed E-state index contributed by atoms with van der Waals surface area (Å²) in [5.74, 6) is -1.15. The minimum Gasteiger partial charge on any atom is -0.477 e. The van der Waals surface area contributed by atoms with Gasteiger partial charge in [-0.2, -0.15) is 4.31 Å². The van der Waals surface area contributed by atoms with Crippen LogP contribution in [-0.2, 0) is 21.8 Å². The van der Waals surface area contributed by atoms with Crippen molar-refractivity contribution in [2.24, 2.45) is 7.05 Å². The second kappa shape index (κ2) is 5.55. The number of carboxylic acids is 1. The zero-order valence-corrected chi connectivity index (χ0v) is 12.3. The van der Waals surface area contributed by atoms with E-state index in [9.17, 15) is 13.2 Å². The Hall–Kier alpha value is -1.38. The Balaban J connectivity index is 2.32. The number of methoxy groups -OCH3 is 1. The first-order valence-corrected chi connectivity index (χ1v) is 7.72. The van der Waals surface area contributed by atoms with E-state index in [4.69, 9.17) is 9.84 Å². The normalized spacial score (nSPS) is 15.8. The maximum atomic E-state index is 12.6. The zero-order chi connectivity index (χ0) is 14.9. The largest absolute Gasteiger partial charge is 0.477 e. The number of carboxylic acid groups (broad SMARTS) is 1. The molecular weight excluding hydrogens is 284 g/mol. The Morgan fingerprint density at radius 1 is 1.55 bits per heavy atom. The lowest BCUT2D eigenvalue weighted by Crippen LogP contribution is -2.35. The summed E-state index contributed by atoms with van der Waals surface area (Å²) in [5, 5.41) is 9.00. The van der Waals surface area contributed by atoms with E-state index in [1.165, 1.54) is 35.3 Å². The van der Waals surface area contributed by atoms with Gasteiger partial charge in [0.25, 0.3) is 0 Å². The summed E-state index contributed by atoms with van der Waals surface area (Å²) in [6, 6.07) is 1.20. The van der Waals surface area contributed by atoms with Crippen LogP contribution in [-0.4, -0.2) is 54.7 Å². The van der Waals surface area contributed by atoms with Gasteiger partial charge in [-0.25, -0.2) is 13.2 Å². The second-order valence-electron chi connectivity index (χ2n) is 4.82. The molecule has 0 saturated heterocycles. The minimum atomic E-state index is -3.68. The van der Waals surface area contributed by atoms with Gasteiger partial charge in [0, 0.05) is 32.9 Å². The van der Waals surface area contributed by atoms with Gasteiger partial charge in [-0.05, 0) is 18.9 Å². The molecule has 8 heteroatoms. The van der Waals surface area contributed by atoms with Crippen LogP contribution in [0.25, 0.3) is 0 Å². The molecular formula is C12H18N2O5S. The number of sulfonamides is 1. The lowest BCUT2D eigenvalue weighted by Gasteiger charge is -2.20. The first-order chi connectivity index (χ1) is 9.37. The van der Waals surface area contributed by atoms with Gasteiger partial charge < -0.3 is 14.4 Å². The topological polar surface area (TPSA) is 88.8 Å². The number of aromatic nitrogens is 1. The van der Waals surface area contributed by atoms with E-state index in [0.29, 0.717) is 6.61 Å². The molecule has 0 aromatic carbocycles. The molecule has 1 N–H and O–H groups in total. The van der Waals surface area contributed by atoms with Gasteiger partial charge in [0.05, 0.1) is 6.61 Å². The van der Waals surface area contributed by atoms with Crippen molar-refractivity contribution in [3.05, 3.63) is 18.0 Å². The predicted octanol–water partition coefficient (Wildman–Crippen LogP) is 0.523. The van der Waals surface area contributed by atoms with Gasteiger partial charge in [-0.1, -0.05) is 0 Å². The average Bonchev–Trinajstić information content (AvgIpc) is 3.10. The molecule has 1 heterocycles. The number of nitrogens with zero attached hydrogens (tertiary/aromatic N) is 2. The molecule has 0 unspecified atom stereocenters. The van der Waals surface area contributed by atoms with Crippen LogP contribution in [0, 0.1) is 0 Å². The Morgan fingerprint density at radius 3 is 2.65 bits per heavy atom. The first-order valence-electron chi connectivity index (χ1n) is 6.28. The molecule has 0 amide bonds. The van der Waals surface area contributed by atoms with Crippen LogP contribution in [0.1, 0.15) is 23.3 Å². The molecule has 1 aromatic heterocycles. The van der Waals surface area contributed by atoms with Crippen LogP contribution in [0.3, 0.4) is 0 Å². The van der Waals surface area contributed by atoms with E-state index in [1.54, 1.807) is 0 Å². The van der Waals surface area contributed by atoms with Crippen molar-refractivity contribution in [3.63, 3.8) is 0 Å². The molecule has 0 radical (unpaired) electrons. The minimum absolute atomic E-state index is 0.00336. The standard InChI is InChI=1S/C12H18N2O5S/c1-13-8-10(7-11(13)12(15)16)20(17,18)14(5-6-19-2)9-3-4-9/h7-9H,3-6H2,1-2H3,(H,15,16). The predicted molar refractivity (Wildman–Crippen MR) is 71.2 cm³/mol. The van der Waals surface area contributed by atoms with Crippen molar-refractivity contribution >= 4 is 16.0 Å².